The summed E-state index contributed by atoms with van der Waals surface area (Å²) in [4.78, 5) is 16.8. The molecule has 0 saturated carbocycles. The summed E-state index contributed by atoms with van der Waals surface area (Å²) >= 11 is 1.65. The molecule has 31 heavy (non-hydrogen) atoms. The highest BCUT2D eigenvalue weighted by Gasteiger charge is 2.23. The van der Waals surface area contributed by atoms with Crippen molar-refractivity contribution in [2.45, 2.75) is 24.9 Å². The summed E-state index contributed by atoms with van der Waals surface area (Å²) < 4.78 is 5.66. The second-order valence-corrected chi connectivity index (χ2v) is 8.48. The van der Waals surface area contributed by atoms with Crippen molar-refractivity contribution in [3.63, 3.8) is 0 Å². The Labute approximate surface area is 185 Å². The van der Waals surface area contributed by atoms with E-state index in [4.69, 9.17) is 14.7 Å². The molecule has 1 saturated heterocycles. The maximum Gasteiger partial charge on any atom is 0.130 e. The van der Waals surface area contributed by atoms with Gasteiger partial charge in [0.2, 0.25) is 0 Å². The summed E-state index contributed by atoms with van der Waals surface area (Å²) in [6.45, 7) is 6.43. The lowest BCUT2D eigenvalue weighted by atomic mass is 9.99. The molecule has 0 spiro atoms. The number of nitrogens with zero attached hydrogens (tertiary/aromatic N) is 5. The number of rotatable bonds is 4. The Balaban J connectivity index is 1.78. The smallest absolute Gasteiger partial charge is 0.130 e. The Bertz CT molecular complexity index is 1230. The highest BCUT2D eigenvalue weighted by Crippen LogP contribution is 2.36. The van der Waals surface area contributed by atoms with Gasteiger partial charge in [0.25, 0.3) is 0 Å². The van der Waals surface area contributed by atoms with E-state index in [0.29, 0.717) is 13.2 Å². The largest absolute Gasteiger partial charge is 0.377 e. The van der Waals surface area contributed by atoms with Crippen LogP contribution in [-0.2, 0) is 4.74 Å². The predicted octanol–water partition coefficient (Wildman–Crippen LogP) is 4.34. The lowest BCUT2D eigenvalue weighted by Gasteiger charge is -2.34. The van der Waals surface area contributed by atoms with Crippen LogP contribution in [0.3, 0.4) is 0 Å². The number of hydrogen-bond acceptors (Lipinski definition) is 7. The number of nitrogens with one attached hydrogen (secondary N) is 1. The number of morpholine rings is 1. The first-order valence-electron chi connectivity index (χ1n) is 10.3. The molecule has 1 aliphatic heterocycles. The first kappa shape index (κ1) is 20.0. The van der Waals surface area contributed by atoms with Crippen molar-refractivity contribution in [2.75, 3.05) is 30.9 Å². The van der Waals surface area contributed by atoms with Gasteiger partial charge in [-0.25, -0.2) is 9.97 Å². The Hall–Kier alpha value is -2.97. The fourth-order valence-corrected chi connectivity index (χ4v) is 4.53. The molecule has 0 aliphatic carbocycles. The van der Waals surface area contributed by atoms with Crippen molar-refractivity contribution < 1.29 is 4.74 Å². The molecule has 8 heteroatoms. The standard InChI is InChI=1S/C23H24N6OS/c1-14-13-30-11-10-29(14)20-12-18(16-4-5-21(31-3)26-15(16)2)17-6-8-24-23(22(17)27-20)19-7-9-25-28-19/h4-9,12,14H,10-11,13H2,1-3H3,(H,25,28)/t14-/m1/s1. The van der Waals surface area contributed by atoms with E-state index in [1.54, 1.807) is 18.0 Å². The molecule has 0 amide bonds. The lowest BCUT2D eigenvalue weighted by molar-refractivity contribution is 0.0986. The normalized spacial score (nSPS) is 16.7. The van der Waals surface area contributed by atoms with Gasteiger partial charge < -0.3 is 9.64 Å². The summed E-state index contributed by atoms with van der Waals surface area (Å²) in [7, 11) is 0. The van der Waals surface area contributed by atoms with Gasteiger partial charge in [0, 0.05) is 35.6 Å². The van der Waals surface area contributed by atoms with Crippen LogP contribution in [-0.4, -0.2) is 57.2 Å². The average molecular weight is 433 g/mol. The third kappa shape index (κ3) is 3.66. The summed E-state index contributed by atoms with van der Waals surface area (Å²) in [5.74, 6) is 0.931. The minimum atomic E-state index is 0.247. The minimum absolute atomic E-state index is 0.247. The van der Waals surface area contributed by atoms with Crippen LogP contribution in [0.5, 0.6) is 0 Å². The highest BCUT2D eigenvalue weighted by molar-refractivity contribution is 7.98. The van der Waals surface area contributed by atoms with Crippen molar-refractivity contribution in [1.29, 1.82) is 0 Å². The number of fused-ring (bicyclic) bond motifs is 1. The van der Waals surface area contributed by atoms with Crippen LogP contribution in [0.15, 0.2) is 47.8 Å². The van der Waals surface area contributed by atoms with E-state index in [9.17, 15) is 0 Å². The number of H-pyrrole nitrogens is 1. The fourth-order valence-electron chi connectivity index (χ4n) is 4.10. The summed E-state index contributed by atoms with van der Waals surface area (Å²) in [5, 5.41) is 9.21. The van der Waals surface area contributed by atoms with E-state index in [1.807, 2.05) is 24.6 Å². The Kier molecular flexibility index (Phi) is 5.33. The Morgan fingerprint density at radius 3 is 2.77 bits per heavy atom. The number of thioether (sulfide) groups is 1. The van der Waals surface area contributed by atoms with E-state index in [2.05, 4.69) is 52.1 Å². The molecule has 5 rings (SSSR count). The molecule has 0 radical (unpaired) electrons. The quantitative estimate of drug-likeness (QED) is 0.481. The number of ether oxygens (including phenoxy) is 1. The van der Waals surface area contributed by atoms with Crippen LogP contribution in [0.1, 0.15) is 12.6 Å². The van der Waals surface area contributed by atoms with Gasteiger partial charge in [0.15, 0.2) is 0 Å². The molecule has 0 bridgehead atoms. The molecule has 1 aliphatic rings. The van der Waals surface area contributed by atoms with Gasteiger partial charge in [-0.15, -0.1) is 11.8 Å². The molecular formula is C23H24N6OS. The molecule has 7 nitrogen and oxygen atoms in total. The van der Waals surface area contributed by atoms with Gasteiger partial charge in [-0.2, -0.15) is 5.10 Å². The van der Waals surface area contributed by atoms with Gasteiger partial charge in [-0.1, -0.05) is 0 Å². The summed E-state index contributed by atoms with van der Waals surface area (Å²) in [5.41, 5.74) is 5.72. The molecule has 4 aromatic rings. The van der Waals surface area contributed by atoms with Crippen molar-refractivity contribution >= 4 is 28.5 Å². The van der Waals surface area contributed by atoms with Crippen molar-refractivity contribution in [3.8, 4) is 22.5 Å². The van der Waals surface area contributed by atoms with Gasteiger partial charge in [-0.3, -0.25) is 10.1 Å². The van der Waals surface area contributed by atoms with Crippen molar-refractivity contribution in [3.05, 3.63) is 48.4 Å². The summed E-state index contributed by atoms with van der Waals surface area (Å²) in [6, 6.07) is 10.6. The number of aromatic nitrogens is 5. The van der Waals surface area contributed by atoms with Crippen molar-refractivity contribution in [1.82, 2.24) is 25.1 Å². The number of aromatic amines is 1. The average Bonchev–Trinajstić information content (AvgIpc) is 3.33. The minimum Gasteiger partial charge on any atom is -0.377 e. The van der Waals surface area contributed by atoms with Crippen LogP contribution in [0.25, 0.3) is 33.4 Å². The van der Waals surface area contributed by atoms with E-state index in [0.717, 1.165) is 56.5 Å². The number of hydrogen-bond donors (Lipinski definition) is 1. The molecule has 1 N–H and O–H groups in total. The number of aryl methyl sites for hydroxylation is 1. The van der Waals surface area contributed by atoms with E-state index < -0.39 is 0 Å². The van der Waals surface area contributed by atoms with Crippen LogP contribution in [0.4, 0.5) is 5.82 Å². The monoisotopic (exact) mass is 432 g/mol. The zero-order valence-electron chi connectivity index (χ0n) is 17.8. The molecule has 0 unspecified atom stereocenters. The predicted molar refractivity (Wildman–Crippen MR) is 124 cm³/mol. The Morgan fingerprint density at radius 1 is 1.13 bits per heavy atom. The van der Waals surface area contributed by atoms with Gasteiger partial charge >= 0.3 is 0 Å². The molecular weight excluding hydrogens is 408 g/mol. The number of anilines is 1. The molecule has 4 aromatic heterocycles. The van der Waals surface area contributed by atoms with Crippen molar-refractivity contribution in [2.24, 2.45) is 0 Å². The van der Waals surface area contributed by atoms with Crippen LogP contribution >= 0.6 is 11.8 Å². The van der Waals surface area contributed by atoms with Gasteiger partial charge in [0.05, 0.1) is 30.0 Å². The summed E-state index contributed by atoms with van der Waals surface area (Å²) in [6.07, 6.45) is 5.61. The maximum absolute atomic E-state index is 5.66. The number of pyridine rings is 3. The highest BCUT2D eigenvalue weighted by atomic mass is 32.2. The second kappa shape index (κ2) is 8.28. The fraction of sp³-hybridized carbons (Fsp3) is 0.304. The Morgan fingerprint density at radius 2 is 2.03 bits per heavy atom. The van der Waals surface area contributed by atoms with E-state index in [1.165, 1.54) is 0 Å². The lowest BCUT2D eigenvalue weighted by Crippen LogP contribution is -2.44. The molecule has 5 heterocycles. The van der Waals surface area contributed by atoms with Crippen LogP contribution < -0.4 is 4.90 Å². The van der Waals surface area contributed by atoms with Gasteiger partial charge in [0.1, 0.15) is 17.0 Å². The van der Waals surface area contributed by atoms with Crippen LogP contribution in [0.2, 0.25) is 0 Å². The van der Waals surface area contributed by atoms with Gasteiger partial charge in [-0.05, 0) is 56.0 Å². The zero-order valence-corrected chi connectivity index (χ0v) is 18.6. The first-order chi connectivity index (χ1) is 15.2. The third-order valence-electron chi connectivity index (χ3n) is 5.69. The molecule has 1 atom stereocenters. The SMILES string of the molecule is CSc1ccc(-c2cc(N3CCOC[C@H]3C)nc3c(-c4ccn[nH]4)nccc23)c(C)n1. The third-order valence-corrected chi connectivity index (χ3v) is 6.34. The van der Waals surface area contributed by atoms with Crippen LogP contribution in [0, 0.1) is 6.92 Å². The second-order valence-electron chi connectivity index (χ2n) is 7.66. The molecule has 158 valence electrons. The molecule has 0 aromatic carbocycles. The molecule has 1 fully saturated rings. The van der Waals surface area contributed by atoms with E-state index >= 15 is 0 Å². The maximum atomic E-state index is 5.66. The first-order valence-corrected chi connectivity index (χ1v) is 11.5. The topological polar surface area (TPSA) is 79.8 Å². The van der Waals surface area contributed by atoms with E-state index in [-0.39, 0.29) is 6.04 Å². The zero-order chi connectivity index (χ0) is 21.4.